The van der Waals surface area contributed by atoms with Crippen LogP contribution in [0, 0.1) is 11.8 Å². The van der Waals surface area contributed by atoms with Crippen molar-refractivity contribution in [2.24, 2.45) is 11.8 Å². The zero-order valence-electron chi connectivity index (χ0n) is 11.4. The topological polar surface area (TPSA) is 17.1 Å². The lowest BCUT2D eigenvalue weighted by Gasteiger charge is -2.18. The molecule has 0 saturated heterocycles. The van der Waals surface area contributed by atoms with Crippen molar-refractivity contribution in [3.8, 4) is 0 Å². The first-order valence-corrected chi connectivity index (χ1v) is 7.75. The van der Waals surface area contributed by atoms with E-state index in [1.54, 1.807) is 12.2 Å². The molecule has 2 rings (SSSR count). The fraction of sp³-hybridized carbons (Fsp3) is 0.706. The lowest BCUT2D eigenvalue weighted by atomic mass is 9.88. The van der Waals surface area contributed by atoms with E-state index in [0.29, 0.717) is 11.8 Å². The molecular weight excluding hydrogens is 220 g/mol. The van der Waals surface area contributed by atoms with Crippen LogP contribution in [0.5, 0.6) is 0 Å². The number of allylic oxidation sites excluding steroid dienone is 4. The highest BCUT2D eigenvalue weighted by Crippen LogP contribution is 2.25. The number of carbonyl (C=O) groups is 1. The van der Waals surface area contributed by atoms with Crippen LogP contribution in [0.15, 0.2) is 24.3 Å². The molecule has 1 heteroatoms. The van der Waals surface area contributed by atoms with Crippen molar-refractivity contribution in [1.82, 2.24) is 0 Å². The molecule has 2 aliphatic rings. The maximum absolute atomic E-state index is 11.8. The minimum absolute atomic E-state index is 0.186. The van der Waals surface area contributed by atoms with E-state index in [1.807, 2.05) is 0 Å². The van der Waals surface area contributed by atoms with Crippen molar-refractivity contribution in [2.75, 3.05) is 0 Å². The van der Waals surface area contributed by atoms with Gasteiger partial charge >= 0.3 is 0 Å². The summed E-state index contributed by atoms with van der Waals surface area (Å²) in [7, 11) is 0. The van der Waals surface area contributed by atoms with Crippen LogP contribution < -0.4 is 0 Å². The van der Waals surface area contributed by atoms with Crippen LogP contribution in [-0.2, 0) is 4.79 Å². The molecule has 2 fully saturated rings. The second-order valence-corrected chi connectivity index (χ2v) is 5.92. The molecule has 0 aliphatic heterocycles. The molecule has 0 N–H and O–H groups in total. The summed E-state index contributed by atoms with van der Waals surface area (Å²) in [5.41, 5.74) is 0. The number of rotatable bonds is 4. The summed E-state index contributed by atoms with van der Waals surface area (Å²) in [6, 6.07) is 0. The van der Waals surface area contributed by atoms with Crippen molar-refractivity contribution >= 4 is 5.78 Å². The maximum atomic E-state index is 11.8. The number of ketones is 1. The fourth-order valence-corrected chi connectivity index (χ4v) is 3.17. The van der Waals surface area contributed by atoms with Crippen LogP contribution in [0.4, 0.5) is 0 Å². The molecule has 1 nitrogen and oxygen atoms in total. The second kappa shape index (κ2) is 7.56. The minimum atomic E-state index is 0.186. The van der Waals surface area contributed by atoms with Crippen LogP contribution in [0.1, 0.15) is 64.2 Å². The van der Waals surface area contributed by atoms with Gasteiger partial charge in [-0.3, -0.25) is 4.79 Å². The monoisotopic (exact) mass is 246 g/mol. The van der Waals surface area contributed by atoms with Gasteiger partial charge < -0.3 is 0 Å². The summed E-state index contributed by atoms with van der Waals surface area (Å²) >= 11 is 0. The van der Waals surface area contributed by atoms with E-state index in [9.17, 15) is 4.79 Å². The Labute approximate surface area is 111 Å². The molecule has 100 valence electrons. The third-order valence-electron chi connectivity index (χ3n) is 4.36. The first-order chi connectivity index (χ1) is 8.84. The lowest BCUT2D eigenvalue weighted by Crippen LogP contribution is -2.04. The van der Waals surface area contributed by atoms with Gasteiger partial charge in [0.05, 0.1) is 0 Å². The normalized spacial score (nSPS) is 24.0. The van der Waals surface area contributed by atoms with Gasteiger partial charge in [0.15, 0.2) is 5.78 Å². The minimum Gasteiger partial charge on any atom is -0.290 e. The van der Waals surface area contributed by atoms with Gasteiger partial charge in [-0.1, -0.05) is 50.7 Å². The predicted octanol–water partition coefficient (Wildman–Crippen LogP) is 4.83. The molecule has 0 aromatic heterocycles. The molecule has 0 aromatic rings. The molecule has 0 radical (unpaired) electrons. The highest BCUT2D eigenvalue weighted by molar-refractivity contribution is 5.99. The summed E-state index contributed by atoms with van der Waals surface area (Å²) in [6.07, 6.45) is 21.1. The molecule has 0 amide bonds. The van der Waals surface area contributed by atoms with Crippen LogP contribution >= 0.6 is 0 Å². The van der Waals surface area contributed by atoms with Gasteiger partial charge in [0.1, 0.15) is 0 Å². The number of hydrogen-bond acceptors (Lipinski definition) is 1. The first-order valence-electron chi connectivity index (χ1n) is 7.75. The van der Waals surface area contributed by atoms with E-state index < -0.39 is 0 Å². The average molecular weight is 246 g/mol. The summed E-state index contributed by atoms with van der Waals surface area (Å²) in [5.74, 6) is 1.50. The smallest absolute Gasteiger partial charge is 0.178 e. The first kappa shape index (κ1) is 13.6. The van der Waals surface area contributed by atoms with Crippen LogP contribution in [0.2, 0.25) is 0 Å². The van der Waals surface area contributed by atoms with Crippen LogP contribution in [0.3, 0.4) is 0 Å². The van der Waals surface area contributed by atoms with Crippen molar-refractivity contribution < 1.29 is 4.79 Å². The molecule has 18 heavy (non-hydrogen) atoms. The molecule has 2 saturated carbocycles. The Morgan fingerprint density at radius 3 is 1.44 bits per heavy atom. The van der Waals surface area contributed by atoms with E-state index in [4.69, 9.17) is 0 Å². The lowest BCUT2D eigenvalue weighted by molar-refractivity contribution is -0.110. The summed E-state index contributed by atoms with van der Waals surface area (Å²) < 4.78 is 0. The average Bonchev–Trinajstić information content (AvgIpc) is 2.45. The largest absolute Gasteiger partial charge is 0.290 e. The van der Waals surface area contributed by atoms with E-state index in [0.717, 1.165) is 0 Å². The Morgan fingerprint density at radius 2 is 1.06 bits per heavy atom. The Balaban J connectivity index is 1.73. The molecule has 0 heterocycles. The van der Waals surface area contributed by atoms with Crippen molar-refractivity contribution in [2.45, 2.75) is 64.2 Å². The summed E-state index contributed by atoms with van der Waals surface area (Å²) in [4.78, 5) is 11.8. The van der Waals surface area contributed by atoms with E-state index >= 15 is 0 Å². The molecular formula is C17H26O. The molecule has 0 spiro atoms. The summed E-state index contributed by atoms with van der Waals surface area (Å²) in [6.45, 7) is 0. The zero-order valence-corrected chi connectivity index (χ0v) is 11.4. The van der Waals surface area contributed by atoms with Gasteiger partial charge in [0, 0.05) is 0 Å². The third-order valence-corrected chi connectivity index (χ3v) is 4.36. The Hall–Kier alpha value is -0.850. The number of hydrogen-bond donors (Lipinski definition) is 0. The summed E-state index contributed by atoms with van der Waals surface area (Å²) in [5, 5.41) is 0. The molecule has 0 aromatic carbocycles. The fourth-order valence-electron chi connectivity index (χ4n) is 3.17. The Bertz CT molecular complexity index is 272. The second-order valence-electron chi connectivity index (χ2n) is 5.92. The van der Waals surface area contributed by atoms with Crippen LogP contribution in [0.25, 0.3) is 0 Å². The Kier molecular flexibility index (Phi) is 5.70. The van der Waals surface area contributed by atoms with Gasteiger partial charge in [-0.15, -0.1) is 0 Å². The molecule has 0 atom stereocenters. The predicted molar refractivity (Wildman–Crippen MR) is 76.4 cm³/mol. The zero-order chi connectivity index (χ0) is 12.6. The van der Waals surface area contributed by atoms with Gasteiger partial charge in [-0.2, -0.15) is 0 Å². The molecule has 2 aliphatic carbocycles. The van der Waals surface area contributed by atoms with Crippen LogP contribution in [-0.4, -0.2) is 5.78 Å². The maximum Gasteiger partial charge on any atom is 0.178 e. The van der Waals surface area contributed by atoms with Gasteiger partial charge in [0.25, 0.3) is 0 Å². The standard InChI is InChI=1S/C17H26O/c18-17(13-11-15-7-3-1-4-8-15)14-12-16-9-5-2-6-10-16/h11-16H,1-10H2/b13-11+,14-12+. The third kappa shape index (κ3) is 4.80. The van der Waals surface area contributed by atoms with Gasteiger partial charge in [-0.05, 0) is 49.7 Å². The van der Waals surface area contributed by atoms with Crippen molar-refractivity contribution in [3.05, 3.63) is 24.3 Å². The highest BCUT2D eigenvalue weighted by atomic mass is 16.1. The number of carbonyl (C=O) groups excluding carboxylic acids is 1. The highest BCUT2D eigenvalue weighted by Gasteiger charge is 2.11. The van der Waals surface area contributed by atoms with Gasteiger partial charge in [-0.25, -0.2) is 0 Å². The van der Waals surface area contributed by atoms with E-state index in [2.05, 4.69) is 12.2 Å². The molecule has 0 unspecified atom stereocenters. The SMILES string of the molecule is O=C(/C=C/C1CCCCC1)/C=C/C1CCCCC1. The van der Waals surface area contributed by atoms with Crippen molar-refractivity contribution in [3.63, 3.8) is 0 Å². The quantitative estimate of drug-likeness (QED) is 0.649. The van der Waals surface area contributed by atoms with E-state index in [1.165, 1.54) is 64.2 Å². The Morgan fingerprint density at radius 1 is 0.667 bits per heavy atom. The molecule has 0 bridgehead atoms. The van der Waals surface area contributed by atoms with Crippen molar-refractivity contribution in [1.29, 1.82) is 0 Å². The van der Waals surface area contributed by atoms with E-state index in [-0.39, 0.29) is 5.78 Å². The van der Waals surface area contributed by atoms with Gasteiger partial charge in [0.2, 0.25) is 0 Å².